The maximum Gasteiger partial charge on any atom is 0.254 e. The number of benzene rings is 1. The van der Waals surface area contributed by atoms with Gasteiger partial charge in [0.2, 0.25) is 5.91 Å². The molecule has 0 aliphatic rings. The second-order valence-electron chi connectivity index (χ2n) is 2.77. The number of carbonyl (C=O) groups is 2. The van der Waals surface area contributed by atoms with Crippen molar-refractivity contribution in [3.63, 3.8) is 0 Å². The molecule has 2 amide bonds. The van der Waals surface area contributed by atoms with Gasteiger partial charge in [0.05, 0.1) is 12.1 Å². The van der Waals surface area contributed by atoms with Gasteiger partial charge in [-0.15, -0.1) is 0 Å². The second-order valence-corrected chi connectivity index (χ2v) is 3.69. The van der Waals surface area contributed by atoms with Crippen molar-refractivity contribution in [3.8, 4) is 0 Å². The van der Waals surface area contributed by atoms with E-state index in [1.165, 1.54) is 18.2 Å². The minimum atomic E-state index is -0.680. The second kappa shape index (κ2) is 4.88. The molecule has 0 aliphatic heterocycles. The Morgan fingerprint density at radius 1 is 1.47 bits per heavy atom. The average molecular weight is 275 g/mol. The molecule has 0 aromatic heterocycles. The molecule has 4 nitrogen and oxygen atoms in total. The summed E-state index contributed by atoms with van der Waals surface area (Å²) in [4.78, 5) is 21.7. The zero-order valence-electron chi connectivity index (χ0n) is 7.59. The van der Waals surface area contributed by atoms with Crippen molar-refractivity contribution in [2.45, 2.75) is 0 Å². The van der Waals surface area contributed by atoms with E-state index in [1.807, 2.05) is 0 Å². The molecule has 15 heavy (non-hydrogen) atoms. The number of primary amides is 1. The van der Waals surface area contributed by atoms with Crippen molar-refractivity contribution in [1.82, 2.24) is 5.32 Å². The summed E-state index contributed by atoms with van der Waals surface area (Å²) in [5, 5.41) is 2.19. The van der Waals surface area contributed by atoms with Crippen LogP contribution < -0.4 is 11.1 Å². The summed E-state index contributed by atoms with van der Waals surface area (Å²) in [5.74, 6) is -2.01. The number of hydrogen-bond donors (Lipinski definition) is 2. The van der Waals surface area contributed by atoms with Crippen molar-refractivity contribution < 1.29 is 14.0 Å². The van der Waals surface area contributed by atoms with Crippen LogP contribution in [0.4, 0.5) is 4.39 Å². The van der Waals surface area contributed by atoms with Gasteiger partial charge >= 0.3 is 0 Å². The predicted octanol–water partition coefficient (Wildman–Crippen LogP) is 0.803. The van der Waals surface area contributed by atoms with Crippen LogP contribution in [0, 0.1) is 5.82 Å². The third kappa shape index (κ3) is 3.32. The van der Waals surface area contributed by atoms with Crippen molar-refractivity contribution in [1.29, 1.82) is 0 Å². The first-order valence-electron chi connectivity index (χ1n) is 4.02. The molecule has 0 fully saturated rings. The van der Waals surface area contributed by atoms with Crippen LogP contribution in [-0.2, 0) is 4.79 Å². The first-order chi connectivity index (χ1) is 7.00. The van der Waals surface area contributed by atoms with Crippen molar-refractivity contribution >= 4 is 27.7 Å². The topological polar surface area (TPSA) is 72.2 Å². The lowest BCUT2D eigenvalue weighted by Crippen LogP contribution is -2.33. The van der Waals surface area contributed by atoms with E-state index in [4.69, 9.17) is 5.73 Å². The highest BCUT2D eigenvalue weighted by molar-refractivity contribution is 9.10. The molecule has 0 radical (unpaired) electrons. The van der Waals surface area contributed by atoms with Gasteiger partial charge in [-0.2, -0.15) is 0 Å². The molecule has 80 valence electrons. The van der Waals surface area contributed by atoms with E-state index in [0.29, 0.717) is 4.47 Å². The van der Waals surface area contributed by atoms with Gasteiger partial charge in [-0.1, -0.05) is 15.9 Å². The lowest BCUT2D eigenvalue weighted by Gasteiger charge is -2.04. The van der Waals surface area contributed by atoms with E-state index in [1.54, 1.807) is 0 Å². The minimum Gasteiger partial charge on any atom is -0.368 e. The molecule has 0 aliphatic carbocycles. The zero-order chi connectivity index (χ0) is 11.4. The number of halogens is 2. The molecule has 1 rings (SSSR count). The Labute approximate surface area is 93.8 Å². The fourth-order valence-corrected chi connectivity index (χ4v) is 1.27. The van der Waals surface area contributed by atoms with Crippen LogP contribution in [-0.4, -0.2) is 18.4 Å². The van der Waals surface area contributed by atoms with Crippen molar-refractivity contribution in [3.05, 3.63) is 34.1 Å². The first-order valence-corrected chi connectivity index (χ1v) is 4.81. The quantitative estimate of drug-likeness (QED) is 0.856. The highest BCUT2D eigenvalue weighted by Crippen LogP contribution is 2.14. The summed E-state index contributed by atoms with van der Waals surface area (Å²) in [7, 11) is 0. The molecular weight excluding hydrogens is 267 g/mol. The normalized spacial score (nSPS) is 9.73. The summed E-state index contributed by atoms with van der Waals surface area (Å²) in [5.41, 5.74) is 4.70. The van der Waals surface area contributed by atoms with E-state index in [9.17, 15) is 14.0 Å². The summed E-state index contributed by atoms with van der Waals surface area (Å²) >= 11 is 3.06. The molecule has 0 atom stereocenters. The van der Waals surface area contributed by atoms with Gasteiger partial charge in [0, 0.05) is 4.47 Å². The molecular formula is C9H8BrFN2O2. The molecule has 1 aromatic rings. The van der Waals surface area contributed by atoms with Crippen LogP contribution in [0.2, 0.25) is 0 Å². The van der Waals surface area contributed by atoms with Crippen LogP contribution in [0.25, 0.3) is 0 Å². The highest BCUT2D eigenvalue weighted by Gasteiger charge is 2.11. The molecule has 0 bridgehead atoms. The number of carbonyl (C=O) groups excluding carboxylic acids is 2. The van der Waals surface area contributed by atoms with E-state index in [-0.39, 0.29) is 12.1 Å². The number of nitrogens with one attached hydrogen (secondary N) is 1. The van der Waals surface area contributed by atoms with Crippen LogP contribution >= 0.6 is 15.9 Å². The summed E-state index contributed by atoms with van der Waals surface area (Å²) in [6.07, 6.45) is 0. The number of nitrogens with two attached hydrogens (primary N) is 1. The first kappa shape index (κ1) is 11.6. The Morgan fingerprint density at radius 2 is 2.13 bits per heavy atom. The van der Waals surface area contributed by atoms with Gasteiger partial charge in [0.25, 0.3) is 5.91 Å². The Balaban J connectivity index is 2.78. The largest absolute Gasteiger partial charge is 0.368 e. The Kier molecular flexibility index (Phi) is 3.79. The molecule has 1 aromatic carbocycles. The fourth-order valence-electron chi connectivity index (χ4n) is 0.936. The number of amides is 2. The smallest absolute Gasteiger partial charge is 0.254 e. The zero-order valence-corrected chi connectivity index (χ0v) is 9.17. The lowest BCUT2D eigenvalue weighted by molar-refractivity contribution is -0.117. The van der Waals surface area contributed by atoms with E-state index in [2.05, 4.69) is 21.2 Å². The fraction of sp³-hybridized carbons (Fsp3) is 0.111. The molecule has 0 saturated heterocycles. The monoisotopic (exact) mass is 274 g/mol. The minimum absolute atomic E-state index is 0.126. The van der Waals surface area contributed by atoms with E-state index < -0.39 is 17.6 Å². The Hall–Kier alpha value is -1.43. The highest BCUT2D eigenvalue weighted by atomic mass is 79.9. The van der Waals surface area contributed by atoms with Gasteiger partial charge in [-0.25, -0.2) is 4.39 Å². The van der Waals surface area contributed by atoms with E-state index >= 15 is 0 Å². The maximum atomic E-state index is 13.2. The third-order valence-electron chi connectivity index (χ3n) is 1.60. The Morgan fingerprint density at radius 3 is 2.67 bits per heavy atom. The van der Waals surface area contributed by atoms with E-state index in [0.717, 1.165) is 0 Å². The van der Waals surface area contributed by atoms with Crippen molar-refractivity contribution in [2.24, 2.45) is 5.73 Å². The van der Waals surface area contributed by atoms with Crippen LogP contribution in [0.1, 0.15) is 10.4 Å². The molecule has 6 heteroatoms. The van der Waals surface area contributed by atoms with Gasteiger partial charge in [-0.05, 0) is 18.2 Å². The molecule has 0 spiro atoms. The van der Waals surface area contributed by atoms with Crippen LogP contribution in [0.3, 0.4) is 0 Å². The molecule has 3 N–H and O–H groups in total. The molecule has 0 unspecified atom stereocenters. The number of hydrogen-bond acceptors (Lipinski definition) is 2. The SMILES string of the molecule is NC(=O)CNC(=O)c1ccc(Br)cc1F. The Bertz CT molecular complexity index is 409. The maximum absolute atomic E-state index is 13.2. The number of rotatable bonds is 3. The van der Waals surface area contributed by atoms with Gasteiger partial charge < -0.3 is 11.1 Å². The van der Waals surface area contributed by atoms with Gasteiger partial charge in [-0.3, -0.25) is 9.59 Å². The summed E-state index contributed by atoms with van der Waals surface area (Å²) < 4.78 is 13.8. The average Bonchev–Trinajstić information content (AvgIpc) is 2.14. The van der Waals surface area contributed by atoms with Crippen molar-refractivity contribution in [2.75, 3.05) is 6.54 Å². The van der Waals surface area contributed by atoms with Gasteiger partial charge in [0.1, 0.15) is 5.82 Å². The van der Waals surface area contributed by atoms with Crippen LogP contribution in [0.15, 0.2) is 22.7 Å². The van der Waals surface area contributed by atoms with Crippen LogP contribution in [0.5, 0.6) is 0 Å². The standard InChI is InChI=1S/C9H8BrFN2O2/c10-5-1-2-6(7(11)3-5)9(15)13-4-8(12)14/h1-3H,4H2,(H2,12,14)(H,13,15). The lowest BCUT2D eigenvalue weighted by atomic mass is 10.2. The third-order valence-corrected chi connectivity index (χ3v) is 2.09. The predicted molar refractivity (Wildman–Crippen MR) is 55.6 cm³/mol. The summed E-state index contributed by atoms with van der Waals surface area (Å²) in [6, 6.07) is 4.01. The van der Waals surface area contributed by atoms with Gasteiger partial charge in [0.15, 0.2) is 0 Å². The molecule has 0 heterocycles. The summed E-state index contributed by atoms with van der Waals surface area (Å²) in [6.45, 7) is -0.311. The molecule has 0 saturated carbocycles.